The Morgan fingerprint density at radius 2 is 1.90 bits per heavy atom. The normalized spacial score (nSPS) is 26.6. The van der Waals surface area contributed by atoms with Gasteiger partial charge in [-0.25, -0.2) is 4.98 Å². The molecule has 1 N–H and O–H groups in total. The van der Waals surface area contributed by atoms with E-state index in [1.807, 2.05) is 0 Å². The van der Waals surface area contributed by atoms with Crippen molar-refractivity contribution < 1.29 is 27.7 Å². The molecule has 0 amide bonds. The Morgan fingerprint density at radius 3 is 2.68 bits per heavy atom. The fraction of sp³-hybridized carbons (Fsp3) is 0.545. The number of aromatic nitrogens is 2. The summed E-state index contributed by atoms with van der Waals surface area (Å²) >= 11 is 0. The van der Waals surface area contributed by atoms with Gasteiger partial charge in [-0.2, -0.15) is 4.98 Å². The first kappa shape index (κ1) is 20.2. The predicted molar refractivity (Wildman–Crippen MR) is 109 cm³/mol. The van der Waals surface area contributed by atoms with Gasteiger partial charge in [0.25, 0.3) is 0 Å². The molecule has 0 bridgehead atoms. The second-order valence-corrected chi connectivity index (χ2v) is 8.45. The SMILES string of the molecule is CC1CCC(Nc2ncc(-c3ccc4c(c3)OC(F)(F)O4)c(OC3CCOC3)n2)CC1. The largest absolute Gasteiger partial charge is 0.586 e. The van der Waals surface area contributed by atoms with Crippen LogP contribution < -0.4 is 19.5 Å². The van der Waals surface area contributed by atoms with Crippen molar-refractivity contribution in [1.29, 1.82) is 0 Å². The van der Waals surface area contributed by atoms with Gasteiger partial charge in [0.05, 0.1) is 18.8 Å². The van der Waals surface area contributed by atoms with Crippen LogP contribution in [0, 0.1) is 5.92 Å². The summed E-state index contributed by atoms with van der Waals surface area (Å²) in [5.41, 5.74) is 1.20. The van der Waals surface area contributed by atoms with Gasteiger partial charge in [0, 0.05) is 18.7 Å². The number of anilines is 1. The smallest absolute Gasteiger partial charge is 0.471 e. The summed E-state index contributed by atoms with van der Waals surface area (Å²) in [7, 11) is 0. The molecule has 5 rings (SSSR count). The van der Waals surface area contributed by atoms with Crippen LogP contribution in [-0.2, 0) is 4.74 Å². The van der Waals surface area contributed by atoms with Crippen LogP contribution in [0.2, 0.25) is 0 Å². The van der Waals surface area contributed by atoms with Crippen LogP contribution >= 0.6 is 0 Å². The van der Waals surface area contributed by atoms with Crippen molar-refractivity contribution in [3.05, 3.63) is 24.4 Å². The summed E-state index contributed by atoms with van der Waals surface area (Å²) in [6.07, 6.45) is 3.16. The zero-order valence-corrected chi connectivity index (χ0v) is 17.3. The first-order valence-electron chi connectivity index (χ1n) is 10.7. The van der Waals surface area contributed by atoms with Gasteiger partial charge < -0.3 is 24.3 Å². The van der Waals surface area contributed by atoms with E-state index < -0.39 is 6.29 Å². The highest BCUT2D eigenvalue weighted by Crippen LogP contribution is 2.44. The highest BCUT2D eigenvalue weighted by atomic mass is 19.3. The van der Waals surface area contributed by atoms with Gasteiger partial charge in [-0.05, 0) is 49.3 Å². The molecule has 1 saturated carbocycles. The monoisotopic (exact) mass is 433 g/mol. The average molecular weight is 433 g/mol. The van der Waals surface area contributed by atoms with Gasteiger partial charge in [0.1, 0.15) is 6.10 Å². The predicted octanol–water partition coefficient (Wildman–Crippen LogP) is 4.62. The minimum atomic E-state index is -3.66. The zero-order valence-electron chi connectivity index (χ0n) is 17.3. The third-order valence-electron chi connectivity index (χ3n) is 5.98. The van der Waals surface area contributed by atoms with E-state index in [0.29, 0.717) is 42.2 Å². The third kappa shape index (κ3) is 4.51. The first-order chi connectivity index (χ1) is 14.9. The minimum Gasteiger partial charge on any atom is -0.471 e. The fourth-order valence-corrected chi connectivity index (χ4v) is 4.19. The molecule has 1 saturated heterocycles. The lowest BCUT2D eigenvalue weighted by atomic mass is 9.87. The van der Waals surface area contributed by atoms with Crippen molar-refractivity contribution in [2.24, 2.45) is 5.92 Å². The van der Waals surface area contributed by atoms with Crippen molar-refractivity contribution in [2.45, 2.75) is 57.5 Å². The maximum Gasteiger partial charge on any atom is 0.586 e. The van der Waals surface area contributed by atoms with Crippen LogP contribution in [-0.4, -0.2) is 41.6 Å². The molecule has 2 fully saturated rings. The Kier molecular flexibility index (Phi) is 5.29. The van der Waals surface area contributed by atoms with E-state index in [9.17, 15) is 8.78 Å². The van der Waals surface area contributed by atoms with E-state index in [1.165, 1.54) is 25.0 Å². The Balaban J connectivity index is 1.42. The van der Waals surface area contributed by atoms with Gasteiger partial charge >= 0.3 is 6.29 Å². The summed E-state index contributed by atoms with van der Waals surface area (Å²) in [5.74, 6) is 1.61. The van der Waals surface area contributed by atoms with E-state index in [0.717, 1.165) is 25.2 Å². The Labute approximate surface area is 179 Å². The van der Waals surface area contributed by atoms with Gasteiger partial charge in [-0.15, -0.1) is 8.78 Å². The first-order valence-corrected chi connectivity index (χ1v) is 10.7. The highest BCUT2D eigenvalue weighted by Gasteiger charge is 2.43. The molecule has 1 aliphatic carbocycles. The summed E-state index contributed by atoms with van der Waals surface area (Å²) in [4.78, 5) is 9.10. The van der Waals surface area contributed by atoms with Crippen LogP contribution in [0.25, 0.3) is 11.1 Å². The summed E-state index contributed by atoms with van der Waals surface area (Å²) in [6.45, 7) is 3.40. The topological polar surface area (TPSA) is 74.7 Å². The second kappa shape index (κ2) is 8.11. The number of nitrogens with one attached hydrogen (secondary N) is 1. The third-order valence-corrected chi connectivity index (χ3v) is 5.98. The molecule has 2 aromatic rings. The number of fused-ring (bicyclic) bond motifs is 1. The molecular formula is C22H25F2N3O4. The van der Waals surface area contributed by atoms with Gasteiger partial charge in [0.15, 0.2) is 11.5 Å². The van der Waals surface area contributed by atoms with E-state index in [1.54, 1.807) is 12.3 Å². The quantitative estimate of drug-likeness (QED) is 0.737. The molecule has 31 heavy (non-hydrogen) atoms. The Bertz CT molecular complexity index is 944. The Morgan fingerprint density at radius 1 is 1.10 bits per heavy atom. The average Bonchev–Trinajstić information content (AvgIpc) is 3.35. The molecule has 9 heteroatoms. The van der Waals surface area contributed by atoms with Crippen molar-refractivity contribution in [2.75, 3.05) is 18.5 Å². The van der Waals surface area contributed by atoms with Crippen LogP contribution in [0.15, 0.2) is 24.4 Å². The standard InChI is InChI=1S/C22H25F2N3O4/c1-13-2-5-15(6-3-13)26-21-25-11-17(20(27-21)29-16-8-9-28-12-16)14-4-7-18-19(10-14)31-22(23,24)30-18/h4,7,10-11,13,15-16H,2-3,5-6,8-9,12H2,1H3,(H,25,26,27). The molecule has 2 aliphatic heterocycles. The minimum absolute atomic E-state index is 0.00820. The number of halogens is 2. The van der Waals surface area contributed by atoms with E-state index >= 15 is 0 Å². The molecule has 1 aromatic heterocycles. The van der Waals surface area contributed by atoms with Gasteiger partial charge in [0.2, 0.25) is 11.8 Å². The number of hydrogen-bond acceptors (Lipinski definition) is 7. The number of hydrogen-bond donors (Lipinski definition) is 1. The molecule has 0 radical (unpaired) electrons. The number of nitrogens with zero attached hydrogens (tertiary/aromatic N) is 2. The lowest BCUT2D eigenvalue weighted by Crippen LogP contribution is -2.26. The van der Waals surface area contributed by atoms with Gasteiger partial charge in [-0.3, -0.25) is 0 Å². The zero-order chi connectivity index (χ0) is 21.4. The fourth-order valence-electron chi connectivity index (χ4n) is 4.19. The molecule has 1 aromatic carbocycles. The van der Waals surface area contributed by atoms with E-state index in [-0.39, 0.29) is 17.6 Å². The number of ether oxygens (including phenoxy) is 4. The van der Waals surface area contributed by atoms with E-state index in [2.05, 4.69) is 31.7 Å². The molecule has 0 spiro atoms. The highest BCUT2D eigenvalue weighted by molar-refractivity contribution is 5.71. The molecule has 3 heterocycles. The van der Waals surface area contributed by atoms with Crippen LogP contribution in [0.1, 0.15) is 39.0 Å². The maximum atomic E-state index is 13.4. The number of benzene rings is 1. The van der Waals surface area contributed by atoms with Gasteiger partial charge in [-0.1, -0.05) is 13.0 Å². The number of rotatable bonds is 5. The Hall–Kier alpha value is -2.68. The summed E-state index contributed by atoms with van der Waals surface area (Å²) in [5, 5.41) is 3.42. The van der Waals surface area contributed by atoms with E-state index in [4.69, 9.17) is 9.47 Å². The molecule has 1 atom stereocenters. The lowest BCUT2D eigenvalue weighted by Gasteiger charge is -2.27. The second-order valence-electron chi connectivity index (χ2n) is 8.45. The lowest BCUT2D eigenvalue weighted by molar-refractivity contribution is -0.286. The summed E-state index contributed by atoms with van der Waals surface area (Å²) < 4.78 is 47.4. The van der Waals surface area contributed by atoms with Crippen LogP contribution in [0.5, 0.6) is 17.4 Å². The molecular weight excluding hydrogens is 408 g/mol. The van der Waals surface area contributed by atoms with Crippen LogP contribution in [0.4, 0.5) is 14.7 Å². The van der Waals surface area contributed by atoms with Crippen molar-refractivity contribution in [3.63, 3.8) is 0 Å². The van der Waals surface area contributed by atoms with Crippen LogP contribution in [0.3, 0.4) is 0 Å². The maximum absolute atomic E-state index is 13.4. The summed E-state index contributed by atoms with van der Waals surface area (Å²) in [6, 6.07) is 4.93. The molecule has 7 nitrogen and oxygen atoms in total. The van der Waals surface area contributed by atoms with Crippen molar-refractivity contribution in [1.82, 2.24) is 9.97 Å². The van der Waals surface area contributed by atoms with Crippen molar-refractivity contribution >= 4 is 5.95 Å². The molecule has 166 valence electrons. The van der Waals surface area contributed by atoms with Crippen molar-refractivity contribution in [3.8, 4) is 28.5 Å². The number of alkyl halides is 2. The molecule has 1 unspecified atom stereocenters. The molecule has 3 aliphatic rings.